The van der Waals surface area contributed by atoms with Crippen molar-refractivity contribution in [3.8, 4) is 0 Å². The van der Waals surface area contributed by atoms with Crippen LogP contribution in [0.15, 0.2) is 15.8 Å². The zero-order valence-electron chi connectivity index (χ0n) is 16.8. The summed E-state index contributed by atoms with van der Waals surface area (Å²) in [5.74, 6) is 0.720. The van der Waals surface area contributed by atoms with Gasteiger partial charge in [0, 0.05) is 51.2 Å². The molecule has 0 amide bonds. The summed E-state index contributed by atoms with van der Waals surface area (Å²) in [4.78, 5) is 32.1. The van der Waals surface area contributed by atoms with Gasteiger partial charge in [-0.25, -0.2) is 4.79 Å². The summed E-state index contributed by atoms with van der Waals surface area (Å²) < 4.78 is 6.56. The molecule has 1 aliphatic heterocycles. The lowest BCUT2D eigenvalue weighted by atomic mass is 9.98. The Balaban J connectivity index is 1.79. The lowest BCUT2D eigenvalue weighted by Gasteiger charge is -2.39. The van der Waals surface area contributed by atoms with Crippen LogP contribution in [0.3, 0.4) is 0 Å². The number of nitrogens with zero attached hydrogens (tertiary/aromatic N) is 6. The van der Waals surface area contributed by atoms with E-state index in [1.54, 1.807) is 7.05 Å². The molecule has 27 heavy (non-hydrogen) atoms. The second kappa shape index (κ2) is 6.37. The van der Waals surface area contributed by atoms with Crippen LogP contribution in [0.1, 0.15) is 38.8 Å². The molecule has 3 aromatic heterocycles. The molecular weight excluding hydrogens is 344 g/mol. The van der Waals surface area contributed by atoms with Gasteiger partial charge in [0.25, 0.3) is 5.56 Å². The van der Waals surface area contributed by atoms with E-state index in [1.807, 2.05) is 17.5 Å². The van der Waals surface area contributed by atoms with Crippen molar-refractivity contribution in [1.82, 2.24) is 28.0 Å². The summed E-state index contributed by atoms with van der Waals surface area (Å²) in [7, 11) is 3.16. The molecule has 0 aromatic carbocycles. The average Bonchev–Trinajstić information content (AvgIpc) is 3.13. The fraction of sp³-hybridized carbons (Fsp3) is 0.632. The summed E-state index contributed by atoms with van der Waals surface area (Å²) in [5, 5.41) is 0. The highest BCUT2D eigenvalue weighted by atomic mass is 16.2. The molecule has 0 spiro atoms. The molecule has 1 fully saturated rings. The van der Waals surface area contributed by atoms with Crippen LogP contribution in [-0.2, 0) is 20.6 Å². The number of hydrogen-bond acceptors (Lipinski definition) is 4. The minimum Gasteiger partial charge on any atom is -0.313 e. The lowest BCUT2D eigenvalue weighted by molar-refractivity contribution is 0.0993. The highest BCUT2D eigenvalue weighted by Gasteiger charge is 2.25. The van der Waals surface area contributed by atoms with Crippen LogP contribution in [-0.4, -0.2) is 46.6 Å². The van der Waals surface area contributed by atoms with E-state index < -0.39 is 0 Å². The van der Waals surface area contributed by atoms with Crippen LogP contribution in [0, 0.1) is 6.92 Å². The van der Waals surface area contributed by atoms with Crippen molar-refractivity contribution in [1.29, 1.82) is 0 Å². The molecule has 1 aliphatic rings. The zero-order valence-corrected chi connectivity index (χ0v) is 16.8. The first-order chi connectivity index (χ1) is 12.8. The maximum Gasteiger partial charge on any atom is 0.332 e. The topological polar surface area (TPSA) is 69.5 Å². The van der Waals surface area contributed by atoms with E-state index in [9.17, 15) is 9.59 Å². The number of rotatable bonds is 3. The third-order valence-corrected chi connectivity index (χ3v) is 6.21. The summed E-state index contributed by atoms with van der Waals surface area (Å²) in [6.45, 7) is 8.41. The van der Waals surface area contributed by atoms with E-state index in [0.717, 1.165) is 29.1 Å². The highest BCUT2D eigenvalue weighted by molar-refractivity contribution is 5.75. The van der Waals surface area contributed by atoms with Gasteiger partial charge < -0.3 is 4.57 Å². The predicted octanol–water partition coefficient (Wildman–Crippen LogP) is 1.26. The van der Waals surface area contributed by atoms with Gasteiger partial charge in [0.15, 0.2) is 11.2 Å². The van der Waals surface area contributed by atoms with E-state index in [1.165, 1.54) is 30.9 Å². The summed E-state index contributed by atoms with van der Waals surface area (Å²) in [6.07, 6.45) is 5.74. The number of aromatic nitrogens is 5. The van der Waals surface area contributed by atoms with E-state index in [0.29, 0.717) is 23.2 Å². The van der Waals surface area contributed by atoms with E-state index in [4.69, 9.17) is 0 Å². The van der Waals surface area contributed by atoms with Crippen molar-refractivity contribution in [2.45, 2.75) is 58.7 Å². The minimum atomic E-state index is -0.354. The van der Waals surface area contributed by atoms with Gasteiger partial charge in [0.2, 0.25) is 5.78 Å². The van der Waals surface area contributed by atoms with Crippen molar-refractivity contribution in [3.05, 3.63) is 32.7 Å². The van der Waals surface area contributed by atoms with Crippen LogP contribution < -0.4 is 11.2 Å². The summed E-state index contributed by atoms with van der Waals surface area (Å²) in [5.41, 5.74) is 1.29. The van der Waals surface area contributed by atoms with Gasteiger partial charge in [-0.1, -0.05) is 6.42 Å². The number of fused-ring (bicyclic) bond motifs is 3. The smallest absolute Gasteiger partial charge is 0.313 e. The molecule has 0 aliphatic carbocycles. The normalized spacial score (nSPS) is 21.5. The molecule has 0 bridgehead atoms. The Labute approximate surface area is 157 Å². The van der Waals surface area contributed by atoms with E-state index in [2.05, 4.69) is 28.3 Å². The number of aryl methyl sites for hydroxylation is 2. The van der Waals surface area contributed by atoms with Gasteiger partial charge in [-0.2, -0.15) is 4.98 Å². The SMILES string of the molecule is Cc1cn2c3c(=O)n(C)c(=O)n(C)c3nc2n1CCN1[C@@H](C)CCC[C@@H]1C. The number of imidazole rings is 2. The Bertz CT molecular complexity index is 1120. The Morgan fingerprint density at radius 1 is 1.07 bits per heavy atom. The Morgan fingerprint density at radius 3 is 2.41 bits per heavy atom. The van der Waals surface area contributed by atoms with E-state index >= 15 is 0 Å². The molecule has 0 unspecified atom stereocenters. The molecule has 0 radical (unpaired) electrons. The Kier molecular flexibility index (Phi) is 4.25. The zero-order chi connectivity index (χ0) is 19.5. The van der Waals surface area contributed by atoms with Crippen molar-refractivity contribution in [2.75, 3.05) is 6.54 Å². The van der Waals surface area contributed by atoms with Crippen molar-refractivity contribution in [3.63, 3.8) is 0 Å². The fourth-order valence-corrected chi connectivity index (χ4v) is 4.54. The van der Waals surface area contributed by atoms with Crippen LogP contribution >= 0.6 is 0 Å². The molecule has 2 atom stereocenters. The average molecular weight is 372 g/mol. The molecule has 4 heterocycles. The molecule has 3 aromatic rings. The monoisotopic (exact) mass is 372 g/mol. The summed E-state index contributed by atoms with van der Waals surface area (Å²) in [6, 6.07) is 1.18. The van der Waals surface area contributed by atoms with Crippen LogP contribution in [0.5, 0.6) is 0 Å². The second-order valence-corrected chi connectivity index (χ2v) is 7.95. The predicted molar refractivity (Wildman–Crippen MR) is 105 cm³/mol. The molecular formula is C19H28N6O2. The number of likely N-dealkylation sites (tertiary alicyclic amines) is 1. The second-order valence-electron chi connectivity index (χ2n) is 7.95. The van der Waals surface area contributed by atoms with Gasteiger partial charge in [-0.15, -0.1) is 0 Å². The molecule has 0 saturated carbocycles. The third-order valence-electron chi connectivity index (χ3n) is 6.21. The highest BCUT2D eigenvalue weighted by Crippen LogP contribution is 2.23. The van der Waals surface area contributed by atoms with Gasteiger partial charge in [0.05, 0.1) is 0 Å². The van der Waals surface area contributed by atoms with E-state index in [-0.39, 0.29) is 11.2 Å². The first kappa shape index (κ1) is 18.0. The summed E-state index contributed by atoms with van der Waals surface area (Å²) >= 11 is 0. The van der Waals surface area contributed by atoms with Gasteiger partial charge in [0.1, 0.15) is 0 Å². The van der Waals surface area contributed by atoms with Crippen LogP contribution in [0.4, 0.5) is 0 Å². The third kappa shape index (κ3) is 2.65. The molecule has 146 valence electrons. The van der Waals surface area contributed by atoms with Crippen molar-refractivity contribution >= 4 is 16.9 Å². The fourth-order valence-electron chi connectivity index (χ4n) is 4.54. The quantitative estimate of drug-likeness (QED) is 0.694. The standard InChI is InChI=1S/C19H28N6O2/c1-12-7-6-8-13(2)23(12)9-10-24-14(3)11-25-15-16(20-18(24)25)21(4)19(27)22(5)17(15)26/h11-13H,6-10H2,1-5H3/t12-,13-/m0/s1. The maximum absolute atomic E-state index is 12.7. The molecule has 8 heteroatoms. The first-order valence-corrected chi connectivity index (χ1v) is 9.71. The first-order valence-electron chi connectivity index (χ1n) is 9.71. The van der Waals surface area contributed by atoms with Gasteiger partial charge in [-0.3, -0.25) is 23.2 Å². The van der Waals surface area contributed by atoms with Gasteiger partial charge >= 0.3 is 5.69 Å². The molecule has 0 N–H and O–H groups in total. The van der Waals surface area contributed by atoms with Crippen molar-refractivity contribution < 1.29 is 0 Å². The van der Waals surface area contributed by atoms with Gasteiger partial charge in [-0.05, 0) is 33.6 Å². The van der Waals surface area contributed by atoms with Crippen LogP contribution in [0.2, 0.25) is 0 Å². The number of hydrogen-bond donors (Lipinski definition) is 0. The Morgan fingerprint density at radius 2 is 1.74 bits per heavy atom. The maximum atomic E-state index is 12.7. The molecule has 1 saturated heterocycles. The van der Waals surface area contributed by atoms with Crippen LogP contribution in [0.25, 0.3) is 16.9 Å². The lowest BCUT2D eigenvalue weighted by Crippen LogP contribution is -2.45. The molecule has 4 rings (SSSR count). The molecule has 8 nitrogen and oxygen atoms in total. The number of piperidine rings is 1. The minimum absolute atomic E-state index is 0.309. The Hall–Kier alpha value is -2.35. The largest absolute Gasteiger partial charge is 0.332 e. The van der Waals surface area contributed by atoms with Crippen molar-refractivity contribution in [2.24, 2.45) is 14.1 Å².